The molecule has 1 saturated heterocycles. The maximum atomic E-state index is 3.51. The van der Waals surface area contributed by atoms with Crippen molar-refractivity contribution >= 4 is 11.3 Å². The van der Waals surface area contributed by atoms with Crippen molar-refractivity contribution in [2.75, 3.05) is 32.8 Å². The molecule has 2 rings (SSSR count). The minimum absolute atomic E-state index is 1.01. The Kier molecular flexibility index (Phi) is 4.14. The molecule has 0 atom stereocenters. The van der Waals surface area contributed by atoms with Gasteiger partial charge in [0, 0.05) is 44.3 Å². The topological polar surface area (TPSA) is 27.3 Å². The van der Waals surface area contributed by atoms with E-state index in [0.717, 1.165) is 39.4 Å². The standard InChI is InChI=1S/C11H19N3S/c1-10-2-7-15-11(10)8-13-9-14-5-3-12-4-6-14/h2,7,12-13H,3-6,8-9H2,1H3. The fourth-order valence-corrected chi connectivity index (χ4v) is 2.66. The quantitative estimate of drug-likeness (QED) is 0.801. The predicted octanol–water partition coefficient (Wildman–Crippen LogP) is 1.01. The molecule has 15 heavy (non-hydrogen) atoms. The van der Waals surface area contributed by atoms with Gasteiger partial charge in [-0.15, -0.1) is 11.3 Å². The second kappa shape index (κ2) is 5.61. The number of thiophene rings is 1. The molecule has 1 aliphatic rings. The smallest absolute Gasteiger partial charge is 0.0484 e. The van der Waals surface area contributed by atoms with E-state index in [1.165, 1.54) is 10.4 Å². The van der Waals surface area contributed by atoms with E-state index in [9.17, 15) is 0 Å². The van der Waals surface area contributed by atoms with Gasteiger partial charge in [-0.2, -0.15) is 0 Å². The van der Waals surface area contributed by atoms with Gasteiger partial charge in [-0.05, 0) is 23.9 Å². The van der Waals surface area contributed by atoms with Gasteiger partial charge in [0.2, 0.25) is 0 Å². The first-order valence-corrected chi connectivity index (χ1v) is 6.41. The minimum atomic E-state index is 1.01. The van der Waals surface area contributed by atoms with Crippen LogP contribution in [0.3, 0.4) is 0 Å². The molecule has 0 bridgehead atoms. The van der Waals surface area contributed by atoms with Gasteiger partial charge in [0.25, 0.3) is 0 Å². The Hall–Kier alpha value is -0.420. The molecule has 2 N–H and O–H groups in total. The number of piperazine rings is 1. The summed E-state index contributed by atoms with van der Waals surface area (Å²) in [5, 5.41) is 9.03. The zero-order chi connectivity index (χ0) is 10.5. The first-order valence-electron chi connectivity index (χ1n) is 5.53. The molecule has 84 valence electrons. The average molecular weight is 225 g/mol. The Balaban J connectivity index is 1.68. The van der Waals surface area contributed by atoms with Crippen LogP contribution in [-0.4, -0.2) is 37.7 Å². The van der Waals surface area contributed by atoms with Crippen molar-refractivity contribution in [1.82, 2.24) is 15.5 Å². The van der Waals surface area contributed by atoms with Crippen LogP contribution in [0.15, 0.2) is 11.4 Å². The number of nitrogens with one attached hydrogen (secondary N) is 2. The fraction of sp³-hybridized carbons (Fsp3) is 0.636. The molecule has 1 aromatic rings. The first kappa shape index (κ1) is 11.1. The average Bonchev–Trinajstić information content (AvgIpc) is 2.66. The highest BCUT2D eigenvalue weighted by atomic mass is 32.1. The van der Waals surface area contributed by atoms with Crippen molar-refractivity contribution in [1.29, 1.82) is 0 Å². The Labute approximate surface area is 95.5 Å². The van der Waals surface area contributed by atoms with Crippen LogP contribution >= 0.6 is 11.3 Å². The molecule has 1 fully saturated rings. The van der Waals surface area contributed by atoms with Crippen molar-refractivity contribution in [2.45, 2.75) is 13.5 Å². The summed E-state index contributed by atoms with van der Waals surface area (Å²) in [5.41, 5.74) is 1.41. The van der Waals surface area contributed by atoms with E-state index in [2.05, 4.69) is 33.9 Å². The lowest BCUT2D eigenvalue weighted by molar-refractivity contribution is 0.223. The molecule has 3 nitrogen and oxygen atoms in total. The van der Waals surface area contributed by atoms with E-state index in [1.807, 2.05) is 11.3 Å². The van der Waals surface area contributed by atoms with Gasteiger partial charge in [-0.1, -0.05) is 0 Å². The molecule has 0 spiro atoms. The van der Waals surface area contributed by atoms with E-state index in [1.54, 1.807) is 0 Å². The van der Waals surface area contributed by atoms with Crippen LogP contribution in [0, 0.1) is 6.92 Å². The third kappa shape index (κ3) is 3.28. The van der Waals surface area contributed by atoms with Gasteiger partial charge < -0.3 is 5.32 Å². The molecule has 0 aliphatic carbocycles. The van der Waals surface area contributed by atoms with E-state index in [0.29, 0.717) is 0 Å². The lowest BCUT2D eigenvalue weighted by Crippen LogP contribution is -2.46. The monoisotopic (exact) mass is 225 g/mol. The number of rotatable bonds is 4. The Bertz CT molecular complexity index is 292. The van der Waals surface area contributed by atoms with Gasteiger partial charge in [0.15, 0.2) is 0 Å². The highest BCUT2D eigenvalue weighted by Gasteiger charge is 2.08. The lowest BCUT2D eigenvalue weighted by atomic mass is 10.3. The molecule has 0 saturated carbocycles. The summed E-state index contributed by atoms with van der Waals surface area (Å²) < 4.78 is 0. The minimum Gasteiger partial charge on any atom is -0.314 e. The molecular weight excluding hydrogens is 206 g/mol. The van der Waals surface area contributed by atoms with Crippen LogP contribution in [0.4, 0.5) is 0 Å². The van der Waals surface area contributed by atoms with Gasteiger partial charge in [-0.25, -0.2) is 0 Å². The van der Waals surface area contributed by atoms with Crippen LogP contribution in [0.2, 0.25) is 0 Å². The Morgan fingerprint density at radius 3 is 2.93 bits per heavy atom. The summed E-state index contributed by atoms with van der Waals surface area (Å²) in [4.78, 5) is 3.92. The molecular formula is C11H19N3S. The van der Waals surface area contributed by atoms with Gasteiger partial charge >= 0.3 is 0 Å². The van der Waals surface area contributed by atoms with E-state index < -0.39 is 0 Å². The first-order chi connectivity index (χ1) is 7.36. The molecule has 0 radical (unpaired) electrons. The van der Waals surface area contributed by atoms with Crippen molar-refractivity contribution < 1.29 is 0 Å². The maximum absolute atomic E-state index is 3.51. The number of aryl methyl sites for hydroxylation is 1. The molecule has 1 aromatic heterocycles. The van der Waals surface area contributed by atoms with Crippen LogP contribution < -0.4 is 10.6 Å². The lowest BCUT2D eigenvalue weighted by Gasteiger charge is -2.27. The van der Waals surface area contributed by atoms with Crippen LogP contribution in [0.1, 0.15) is 10.4 Å². The molecule has 4 heteroatoms. The Morgan fingerprint density at radius 2 is 2.27 bits per heavy atom. The van der Waals surface area contributed by atoms with Crippen LogP contribution in [0.25, 0.3) is 0 Å². The molecule has 1 aliphatic heterocycles. The Morgan fingerprint density at radius 1 is 1.47 bits per heavy atom. The summed E-state index contributed by atoms with van der Waals surface area (Å²) >= 11 is 1.84. The predicted molar refractivity (Wildman–Crippen MR) is 65.2 cm³/mol. The van der Waals surface area contributed by atoms with Crippen molar-refractivity contribution in [2.24, 2.45) is 0 Å². The SMILES string of the molecule is Cc1ccsc1CNCN1CCNCC1. The largest absolute Gasteiger partial charge is 0.314 e. The third-order valence-electron chi connectivity index (χ3n) is 2.80. The summed E-state index contributed by atoms with van der Waals surface area (Å²) in [7, 11) is 0. The van der Waals surface area contributed by atoms with Crippen molar-refractivity contribution in [3.8, 4) is 0 Å². The second-order valence-electron chi connectivity index (χ2n) is 3.98. The van der Waals surface area contributed by atoms with E-state index >= 15 is 0 Å². The summed E-state index contributed by atoms with van der Waals surface area (Å²) in [5.74, 6) is 0. The molecule has 0 amide bonds. The second-order valence-corrected chi connectivity index (χ2v) is 4.98. The molecule has 0 aromatic carbocycles. The van der Waals surface area contributed by atoms with Gasteiger partial charge in [-0.3, -0.25) is 10.2 Å². The highest BCUT2D eigenvalue weighted by molar-refractivity contribution is 7.10. The number of nitrogens with zero attached hydrogens (tertiary/aromatic N) is 1. The maximum Gasteiger partial charge on any atom is 0.0484 e. The third-order valence-corrected chi connectivity index (χ3v) is 3.82. The zero-order valence-electron chi connectivity index (χ0n) is 9.25. The molecule has 0 unspecified atom stereocenters. The van der Waals surface area contributed by atoms with Crippen molar-refractivity contribution in [3.05, 3.63) is 21.9 Å². The van der Waals surface area contributed by atoms with Crippen LogP contribution in [-0.2, 0) is 6.54 Å². The normalized spacial score (nSPS) is 18.2. The highest BCUT2D eigenvalue weighted by Crippen LogP contribution is 2.14. The summed E-state index contributed by atoms with van der Waals surface area (Å²) in [6, 6.07) is 2.19. The molecule has 2 heterocycles. The summed E-state index contributed by atoms with van der Waals surface area (Å²) in [6.45, 7) is 8.77. The summed E-state index contributed by atoms with van der Waals surface area (Å²) in [6.07, 6.45) is 0. The van der Waals surface area contributed by atoms with Gasteiger partial charge in [0.05, 0.1) is 0 Å². The van der Waals surface area contributed by atoms with E-state index in [-0.39, 0.29) is 0 Å². The van der Waals surface area contributed by atoms with Crippen LogP contribution in [0.5, 0.6) is 0 Å². The zero-order valence-corrected chi connectivity index (χ0v) is 10.1. The van der Waals surface area contributed by atoms with Crippen molar-refractivity contribution in [3.63, 3.8) is 0 Å². The van der Waals surface area contributed by atoms with Gasteiger partial charge in [0.1, 0.15) is 0 Å². The fourth-order valence-electron chi connectivity index (χ4n) is 1.78. The van der Waals surface area contributed by atoms with E-state index in [4.69, 9.17) is 0 Å². The number of hydrogen-bond acceptors (Lipinski definition) is 4. The number of hydrogen-bond donors (Lipinski definition) is 2.